The lowest BCUT2D eigenvalue weighted by atomic mass is 9.76. The summed E-state index contributed by atoms with van der Waals surface area (Å²) in [6.45, 7) is 11.0. The normalized spacial score (nSPS) is 18.9. The van der Waals surface area contributed by atoms with Gasteiger partial charge in [0, 0.05) is 18.8 Å². The topological polar surface area (TPSA) is 34.1 Å². The van der Waals surface area contributed by atoms with E-state index in [9.17, 15) is 0 Å². The fourth-order valence-corrected chi connectivity index (χ4v) is 2.80. The third-order valence-electron chi connectivity index (χ3n) is 4.24. The molecule has 0 aromatic carbocycles. The van der Waals surface area contributed by atoms with Crippen LogP contribution < -0.4 is 10.1 Å². The molecule has 1 saturated carbocycles. The van der Waals surface area contributed by atoms with Crippen LogP contribution in [0.15, 0.2) is 18.3 Å². The van der Waals surface area contributed by atoms with Crippen molar-refractivity contribution in [1.29, 1.82) is 0 Å². The first-order chi connectivity index (χ1) is 9.94. The van der Waals surface area contributed by atoms with Gasteiger partial charge in [0.15, 0.2) is 0 Å². The molecular weight excluding hydrogens is 260 g/mol. The summed E-state index contributed by atoms with van der Waals surface area (Å²) in [6, 6.07) is 4.05. The van der Waals surface area contributed by atoms with E-state index in [1.54, 1.807) is 0 Å². The molecule has 0 amide bonds. The lowest BCUT2D eigenvalue weighted by Gasteiger charge is -2.34. The number of pyridine rings is 1. The molecule has 0 bridgehead atoms. The molecule has 118 valence electrons. The number of ether oxygens (including phenoxy) is 1. The van der Waals surface area contributed by atoms with Crippen LogP contribution in [0.1, 0.15) is 59.1 Å². The molecule has 0 atom stereocenters. The quantitative estimate of drug-likeness (QED) is 0.853. The first-order valence-electron chi connectivity index (χ1n) is 8.27. The molecule has 3 nitrogen and oxygen atoms in total. The fourth-order valence-electron chi connectivity index (χ4n) is 2.80. The van der Waals surface area contributed by atoms with Crippen LogP contribution in [0.2, 0.25) is 0 Å². The van der Waals surface area contributed by atoms with Crippen LogP contribution in [0.25, 0.3) is 0 Å². The van der Waals surface area contributed by atoms with E-state index in [0.717, 1.165) is 37.4 Å². The molecular formula is C18H30N2O. The maximum atomic E-state index is 6.15. The highest BCUT2D eigenvalue weighted by Crippen LogP contribution is 2.36. The second-order valence-electron chi connectivity index (χ2n) is 7.49. The van der Waals surface area contributed by atoms with Crippen molar-refractivity contribution in [1.82, 2.24) is 10.3 Å². The molecule has 1 aliphatic carbocycles. The molecule has 0 radical (unpaired) electrons. The highest BCUT2D eigenvalue weighted by Gasteiger charge is 2.27. The van der Waals surface area contributed by atoms with Crippen molar-refractivity contribution in [3.8, 4) is 5.75 Å². The molecule has 0 saturated heterocycles. The molecule has 0 unspecified atom stereocenters. The second-order valence-corrected chi connectivity index (χ2v) is 7.49. The van der Waals surface area contributed by atoms with Crippen molar-refractivity contribution >= 4 is 0 Å². The van der Waals surface area contributed by atoms with Gasteiger partial charge in [0.2, 0.25) is 0 Å². The summed E-state index contributed by atoms with van der Waals surface area (Å²) in [6.07, 6.45) is 7.06. The predicted molar refractivity (Wildman–Crippen MR) is 87.4 cm³/mol. The molecule has 3 heteroatoms. The van der Waals surface area contributed by atoms with Crippen molar-refractivity contribution in [2.75, 3.05) is 6.54 Å². The Morgan fingerprint density at radius 2 is 2.05 bits per heavy atom. The van der Waals surface area contributed by atoms with Gasteiger partial charge in [-0.15, -0.1) is 0 Å². The van der Waals surface area contributed by atoms with E-state index in [2.05, 4.69) is 44.1 Å². The van der Waals surface area contributed by atoms with Gasteiger partial charge in [0.1, 0.15) is 5.75 Å². The maximum Gasteiger partial charge on any atom is 0.123 e. The number of hydrogen-bond acceptors (Lipinski definition) is 3. The highest BCUT2D eigenvalue weighted by molar-refractivity contribution is 5.23. The number of aromatic nitrogens is 1. The number of rotatable bonds is 6. The SMILES string of the molecule is CC(C)CNCc1cc(OC2CCC(C)(C)CC2)ccn1. The summed E-state index contributed by atoms with van der Waals surface area (Å²) >= 11 is 0. The molecule has 1 N–H and O–H groups in total. The highest BCUT2D eigenvalue weighted by atomic mass is 16.5. The van der Waals surface area contributed by atoms with Gasteiger partial charge in [0.05, 0.1) is 11.8 Å². The first-order valence-corrected chi connectivity index (χ1v) is 8.27. The Morgan fingerprint density at radius 3 is 2.71 bits per heavy atom. The van der Waals surface area contributed by atoms with Crippen LogP contribution in [-0.2, 0) is 6.54 Å². The Hall–Kier alpha value is -1.09. The van der Waals surface area contributed by atoms with E-state index < -0.39 is 0 Å². The summed E-state index contributed by atoms with van der Waals surface area (Å²) < 4.78 is 6.15. The van der Waals surface area contributed by atoms with Crippen molar-refractivity contribution in [3.05, 3.63) is 24.0 Å². The van der Waals surface area contributed by atoms with Gasteiger partial charge < -0.3 is 10.1 Å². The van der Waals surface area contributed by atoms with Crippen LogP contribution in [0.4, 0.5) is 0 Å². The van der Waals surface area contributed by atoms with Gasteiger partial charge in [0.25, 0.3) is 0 Å². The van der Waals surface area contributed by atoms with Gasteiger partial charge in [-0.05, 0) is 49.6 Å². The van der Waals surface area contributed by atoms with Crippen LogP contribution in [0, 0.1) is 11.3 Å². The van der Waals surface area contributed by atoms with Gasteiger partial charge in [-0.2, -0.15) is 0 Å². The molecule has 0 spiro atoms. The Balaban J connectivity index is 1.83. The van der Waals surface area contributed by atoms with Gasteiger partial charge in [-0.25, -0.2) is 0 Å². The van der Waals surface area contributed by atoms with Crippen LogP contribution >= 0.6 is 0 Å². The summed E-state index contributed by atoms with van der Waals surface area (Å²) in [7, 11) is 0. The third-order valence-corrected chi connectivity index (χ3v) is 4.24. The zero-order chi connectivity index (χ0) is 15.3. The minimum atomic E-state index is 0.372. The number of nitrogens with zero attached hydrogens (tertiary/aromatic N) is 1. The first kappa shape index (κ1) is 16.3. The van der Waals surface area contributed by atoms with Gasteiger partial charge in [-0.3, -0.25) is 4.98 Å². The van der Waals surface area contributed by atoms with E-state index in [0.29, 0.717) is 17.4 Å². The van der Waals surface area contributed by atoms with E-state index >= 15 is 0 Å². The molecule has 21 heavy (non-hydrogen) atoms. The zero-order valence-corrected chi connectivity index (χ0v) is 14.0. The van der Waals surface area contributed by atoms with Crippen LogP contribution in [-0.4, -0.2) is 17.6 Å². The van der Waals surface area contributed by atoms with E-state index in [-0.39, 0.29) is 0 Å². The minimum absolute atomic E-state index is 0.372. The largest absolute Gasteiger partial charge is 0.490 e. The van der Waals surface area contributed by atoms with Gasteiger partial charge >= 0.3 is 0 Å². The lowest BCUT2D eigenvalue weighted by Crippen LogP contribution is -2.28. The monoisotopic (exact) mass is 290 g/mol. The summed E-state index contributed by atoms with van der Waals surface area (Å²) in [5, 5.41) is 3.42. The molecule has 1 aliphatic rings. The molecule has 1 aromatic rings. The Labute approximate surface area is 129 Å². The maximum absolute atomic E-state index is 6.15. The third kappa shape index (κ3) is 5.66. The number of nitrogens with one attached hydrogen (secondary N) is 1. The smallest absolute Gasteiger partial charge is 0.123 e. The van der Waals surface area contributed by atoms with Crippen molar-refractivity contribution in [3.63, 3.8) is 0 Å². The zero-order valence-electron chi connectivity index (χ0n) is 14.0. The molecule has 0 aliphatic heterocycles. The van der Waals surface area contributed by atoms with Crippen LogP contribution in [0.5, 0.6) is 5.75 Å². The van der Waals surface area contributed by atoms with Crippen molar-refractivity contribution < 1.29 is 4.74 Å². The summed E-state index contributed by atoms with van der Waals surface area (Å²) in [5.74, 6) is 1.63. The number of hydrogen-bond donors (Lipinski definition) is 1. The Kier molecular flexibility index (Phi) is 5.63. The second kappa shape index (κ2) is 7.26. The fraction of sp³-hybridized carbons (Fsp3) is 0.722. The predicted octanol–water partition coefficient (Wildman–Crippen LogP) is 4.17. The molecule has 1 fully saturated rings. The lowest BCUT2D eigenvalue weighted by molar-refractivity contribution is 0.0986. The van der Waals surface area contributed by atoms with Crippen molar-refractivity contribution in [2.45, 2.75) is 66.0 Å². The van der Waals surface area contributed by atoms with E-state index in [1.165, 1.54) is 12.8 Å². The Morgan fingerprint density at radius 1 is 1.33 bits per heavy atom. The standard InChI is InChI=1S/C18H30N2O/c1-14(2)12-19-13-15-11-17(7-10-20-15)21-16-5-8-18(3,4)9-6-16/h7,10-11,14,16,19H,5-6,8-9,12-13H2,1-4H3. The molecule has 2 rings (SSSR count). The Bertz CT molecular complexity index is 433. The summed E-state index contributed by atoms with van der Waals surface area (Å²) in [5.41, 5.74) is 1.55. The average Bonchev–Trinajstić information content (AvgIpc) is 2.41. The van der Waals surface area contributed by atoms with Crippen LogP contribution in [0.3, 0.4) is 0 Å². The molecule has 1 heterocycles. The minimum Gasteiger partial charge on any atom is -0.490 e. The van der Waals surface area contributed by atoms with E-state index in [4.69, 9.17) is 4.74 Å². The summed E-state index contributed by atoms with van der Waals surface area (Å²) in [4.78, 5) is 4.41. The average molecular weight is 290 g/mol. The van der Waals surface area contributed by atoms with Crippen molar-refractivity contribution in [2.24, 2.45) is 11.3 Å². The molecule has 1 aromatic heterocycles. The van der Waals surface area contributed by atoms with E-state index in [1.807, 2.05) is 12.3 Å². The van der Waals surface area contributed by atoms with Gasteiger partial charge in [-0.1, -0.05) is 27.7 Å².